The van der Waals surface area contributed by atoms with E-state index in [1.807, 2.05) is 24.3 Å². The monoisotopic (exact) mass is 263 g/mol. The summed E-state index contributed by atoms with van der Waals surface area (Å²) < 4.78 is 0. The van der Waals surface area contributed by atoms with Crippen molar-refractivity contribution in [2.24, 2.45) is 0 Å². The number of carbonyl (C=O) groups excluding carboxylic acids is 1. The van der Waals surface area contributed by atoms with Crippen molar-refractivity contribution < 1.29 is 19.8 Å². The number of β-amino-alcohol motifs (C(OH)–C–C–N with tert-alkyl or cyclic N) is 1. The Hall–Kier alpha value is -1.88. The van der Waals surface area contributed by atoms with Crippen molar-refractivity contribution in [3.05, 3.63) is 29.8 Å². The summed E-state index contributed by atoms with van der Waals surface area (Å²) in [6.07, 6.45) is 1.08. The summed E-state index contributed by atoms with van der Waals surface area (Å²) in [4.78, 5) is 23.6. The maximum Gasteiger partial charge on any atom is 0.303 e. The molecule has 1 unspecified atom stereocenters. The van der Waals surface area contributed by atoms with Crippen molar-refractivity contribution >= 4 is 17.6 Å². The van der Waals surface area contributed by atoms with Gasteiger partial charge >= 0.3 is 5.97 Å². The maximum absolute atomic E-state index is 11.6. The molecule has 1 aliphatic rings. The molecule has 0 spiro atoms. The van der Waals surface area contributed by atoms with Gasteiger partial charge < -0.3 is 15.1 Å². The highest BCUT2D eigenvalue weighted by atomic mass is 16.4. The summed E-state index contributed by atoms with van der Waals surface area (Å²) >= 11 is 0. The number of aliphatic hydroxyl groups excluding tert-OH is 1. The van der Waals surface area contributed by atoms with E-state index in [4.69, 9.17) is 5.11 Å². The molecule has 5 nitrogen and oxygen atoms in total. The number of amides is 1. The van der Waals surface area contributed by atoms with Crippen LogP contribution in [-0.4, -0.2) is 34.7 Å². The van der Waals surface area contributed by atoms with Crippen LogP contribution in [0, 0.1) is 0 Å². The molecule has 0 radical (unpaired) electrons. The Morgan fingerprint density at radius 3 is 2.53 bits per heavy atom. The first-order chi connectivity index (χ1) is 9.06. The van der Waals surface area contributed by atoms with E-state index in [-0.39, 0.29) is 18.7 Å². The summed E-state index contributed by atoms with van der Waals surface area (Å²) in [5, 5.41) is 18.0. The largest absolute Gasteiger partial charge is 0.481 e. The van der Waals surface area contributed by atoms with Crippen LogP contribution in [0.25, 0.3) is 0 Å². The molecule has 2 rings (SSSR count). The van der Waals surface area contributed by atoms with Gasteiger partial charge in [0.05, 0.1) is 19.1 Å². The minimum Gasteiger partial charge on any atom is -0.481 e. The Morgan fingerprint density at radius 1 is 1.32 bits per heavy atom. The molecule has 1 heterocycles. The third-order valence-electron chi connectivity index (χ3n) is 3.21. The number of rotatable bonds is 5. The highest BCUT2D eigenvalue weighted by molar-refractivity contribution is 5.96. The molecule has 1 aromatic rings. The summed E-state index contributed by atoms with van der Waals surface area (Å²) in [7, 11) is 0. The van der Waals surface area contributed by atoms with Gasteiger partial charge in [0.2, 0.25) is 5.91 Å². The van der Waals surface area contributed by atoms with Crippen LogP contribution in [0.2, 0.25) is 0 Å². The van der Waals surface area contributed by atoms with Gasteiger partial charge in [-0.25, -0.2) is 0 Å². The molecule has 0 bridgehead atoms. The van der Waals surface area contributed by atoms with E-state index in [2.05, 4.69) is 0 Å². The van der Waals surface area contributed by atoms with Gasteiger partial charge in [0.1, 0.15) is 0 Å². The van der Waals surface area contributed by atoms with Crippen molar-refractivity contribution in [1.82, 2.24) is 0 Å². The standard InChI is InChI=1S/C14H17NO4/c16-12-8-13(17)15(9-12)11-6-4-10(5-7-11)2-1-3-14(18)19/h4-7,12,16H,1-3,8-9H2,(H,18,19). The van der Waals surface area contributed by atoms with Gasteiger partial charge in [-0.15, -0.1) is 0 Å². The summed E-state index contributed by atoms with van der Waals surface area (Å²) in [5.74, 6) is -0.848. The van der Waals surface area contributed by atoms with Gasteiger partial charge in [0, 0.05) is 12.1 Å². The molecule has 5 heteroatoms. The molecule has 1 amide bonds. The Balaban J connectivity index is 1.95. The van der Waals surface area contributed by atoms with Gasteiger partial charge in [-0.05, 0) is 30.5 Å². The third-order valence-corrected chi connectivity index (χ3v) is 3.21. The average Bonchev–Trinajstić information content (AvgIpc) is 2.69. The minimum absolute atomic E-state index is 0.0638. The number of carboxylic acids is 1. The number of aliphatic hydroxyl groups is 1. The molecule has 1 aromatic carbocycles. The lowest BCUT2D eigenvalue weighted by atomic mass is 10.1. The van der Waals surface area contributed by atoms with Crippen LogP contribution in [0.3, 0.4) is 0 Å². The zero-order valence-electron chi connectivity index (χ0n) is 10.6. The fourth-order valence-electron chi connectivity index (χ4n) is 2.22. The summed E-state index contributed by atoms with van der Waals surface area (Å²) in [5.41, 5.74) is 1.83. The van der Waals surface area contributed by atoms with E-state index in [0.29, 0.717) is 19.4 Å². The van der Waals surface area contributed by atoms with Crippen molar-refractivity contribution in [3.8, 4) is 0 Å². The molecule has 1 aliphatic heterocycles. The predicted octanol–water partition coefficient (Wildman–Crippen LogP) is 1.19. The van der Waals surface area contributed by atoms with Crippen molar-refractivity contribution in [2.75, 3.05) is 11.4 Å². The number of benzene rings is 1. The smallest absolute Gasteiger partial charge is 0.303 e. The van der Waals surface area contributed by atoms with Gasteiger partial charge in [-0.3, -0.25) is 9.59 Å². The quantitative estimate of drug-likeness (QED) is 0.836. The van der Waals surface area contributed by atoms with Crippen LogP contribution >= 0.6 is 0 Å². The third kappa shape index (κ3) is 3.54. The normalized spacial score (nSPS) is 18.9. The minimum atomic E-state index is -0.784. The van der Waals surface area contributed by atoms with Crippen LogP contribution in [0.4, 0.5) is 5.69 Å². The van der Waals surface area contributed by atoms with Gasteiger partial charge in [-0.1, -0.05) is 12.1 Å². The number of hydrogen-bond donors (Lipinski definition) is 2. The van der Waals surface area contributed by atoms with E-state index < -0.39 is 12.1 Å². The van der Waals surface area contributed by atoms with Gasteiger partial charge in [0.25, 0.3) is 0 Å². The Labute approximate surface area is 111 Å². The van der Waals surface area contributed by atoms with E-state index in [9.17, 15) is 14.7 Å². The first-order valence-corrected chi connectivity index (χ1v) is 6.35. The first-order valence-electron chi connectivity index (χ1n) is 6.35. The van der Waals surface area contributed by atoms with Gasteiger partial charge in [0.15, 0.2) is 0 Å². The van der Waals surface area contributed by atoms with Gasteiger partial charge in [-0.2, -0.15) is 0 Å². The first kappa shape index (κ1) is 13.5. The lowest BCUT2D eigenvalue weighted by molar-refractivity contribution is -0.137. The van der Waals surface area contributed by atoms with Crippen LogP contribution in [0.5, 0.6) is 0 Å². The number of nitrogens with zero attached hydrogens (tertiary/aromatic N) is 1. The predicted molar refractivity (Wildman–Crippen MR) is 70.0 cm³/mol. The zero-order chi connectivity index (χ0) is 13.8. The van der Waals surface area contributed by atoms with Crippen molar-refractivity contribution in [2.45, 2.75) is 31.8 Å². The Bertz CT molecular complexity index is 469. The molecule has 0 saturated carbocycles. The molecule has 0 aromatic heterocycles. The van der Waals surface area contributed by atoms with Crippen LogP contribution in [-0.2, 0) is 16.0 Å². The summed E-state index contributed by atoms with van der Waals surface area (Å²) in [6.45, 7) is 0.344. The SMILES string of the molecule is O=C(O)CCCc1ccc(N2CC(O)CC2=O)cc1. The molecule has 1 atom stereocenters. The van der Waals surface area contributed by atoms with Crippen molar-refractivity contribution in [3.63, 3.8) is 0 Å². The number of carbonyl (C=O) groups is 2. The van der Waals surface area contributed by atoms with E-state index in [0.717, 1.165) is 11.3 Å². The van der Waals surface area contributed by atoms with Crippen LogP contribution in [0.15, 0.2) is 24.3 Å². The van der Waals surface area contributed by atoms with E-state index in [1.54, 1.807) is 4.90 Å². The molecule has 1 saturated heterocycles. The van der Waals surface area contributed by atoms with Crippen molar-refractivity contribution in [1.29, 1.82) is 0 Å². The molecule has 102 valence electrons. The van der Waals surface area contributed by atoms with Crippen LogP contribution in [0.1, 0.15) is 24.8 Å². The molecular formula is C14H17NO4. The lowest BCUT2D eigenvalue weighted by Crippen LogP contribution is -2.25. The lowest BCUT2D eigenvalue weighted by Gasteiger charge is -2.16. The Kier molecular flexibility index (Phi) is 4.16. The second-order valence-electron chi connectivity index (χ2n) is 4.78. The fraction of sp³-hybridized carbons (Fsp3) is 0.429. The second kappa shape index (κ2) is 5.84. The maximum atomic E-state index is 11.6. The van der Waals surface area contributed by atoms with Crippen LogP contribution < -0.4 is 4.90 Å². The number of anilines is 1. The average molecular weight is 263 g/mol. The number of hydrogen-bond acceptors (Lipinski definition) is 3. The highest BCUT2D eigenvalue weighted by Gasteiger charge is 2.28. The molecule has 1 fully saturated rings. The highest BCUT2D eigenvalue weighted by Crippen LogP contribution is 2.22. The molecule has 0 aliphatic carbocycles. The van der Waals surface area contributed by atoms with E-state index >= 15 is 0 Å². The zero-order valence-corrected chi connectivity index (χ0v) is 10.6. The molecular weight excluding hydrogens is 246 g/mol. The van der Waals surface area contributed by atoms with E-state index in [1.165, 1.54) is 0 Å². The molecule has 19 heavy (non-hydrogen) atoms. The Morgan fingerprint density at radius 2 is 2.00 bits per heavy atom. The fourth-order valence-corrected chi connectivity index (χ4v) is 2.22. The second-order valence-corrected chi connectivity index (χ2v) is 4.78. The number of aliphatic carboxylic acids is 1. The topological polar surface area (TPSA) is 77.8 Å². The number of carboxylic acid groups (broad SMARTS) is 1. The summed E-state index contributed by atoms with van der Waals surface area (Å²) in [6, 6.07) is 7.47. The number of aryl methyl sites for hydroxylation is 1. The molecule has 2 N–H and O–H groups in total.